The quantitative estimate of drug-likeness (QED) is 0.0168. The van der Waals surface area contributed by atoms with E-state index in [2.05, 4.69) is 296 Å². The van der Waals surface area contributed by atoms with E-state index >= 15 is 0 Å². The largest absolute Gasteiger partial charge is 0.389 e. The van der Waals surface area contributed by atoms with Crippen molar-refractivity contribution in [3.8, 4) is 0 Å². The van der Waals surface area contributed by atoms with Crippen LogP contribution >= 0.6 is 0 Å². The minimum atomic E-state index is -0.831. The molecule has 0 aromatic heterocycles. The Morgan fingerprint density at radius 2 is 0.458 bits per heavy atom. The molecule has 0 heterocycles. The van der Waals surface area contributed by atoms with Crippen LogP contribution in [-0.2, 0) is 84.1 Å². The molecule has 3 saturated carbocycles. The summed E-state index contributed by atoms with van der Waals surface area (Å²) in [6.07, 6.45) is 15.3. The van der Waals surface area contributed by atoms with Crippen LogP contribution in [0, 0.1) is 0 Å². The van der Waals surface area contributed by atoms with Crippen LogP contribution in [0.1, 0.15) is 341 Å². The van der Waals surface area contributed by atoms with Gasteiger partial charge in [0, 0.05) is 57.6 Å². The minimum Gasteiger partial charge on any atom is -0.389 e. The average Bonchev–Trinajstić information content (AvgIpc) is 1.60. The van der Waals surface area contributed by atoms with Crippen molar-refractivity contribution in [2.75, 3.05) is 166 Å². The van der Waals surface area contributed by atoms with E-state index in [1.807, 2.05) is 124 Å². The summed E-state index contributed by atoms with van der Waals surface area (Å²) in [6.45, 7) is 49.8. The van der Waals surface area contributed by atoms with Gasteiger partial charge in [0.2, 0.25) is 0 Å². The van der Waals surface area contributed by atoms with Crippen LogP contribution in [0.2, 0.25) is 0 Å². The van der Waals surface area contributed by atoms with Crippen molar-refractivity contribution in [3.05, 3.63) is 271 Å². The highest BCUT2D eigenvalue weighted by Crippen LogP contribution is 2.47. The zero-order chi connectivity index (χ0) is 108. The third-order valence-electron chi connectivity index (χ3n) is 30.3. The van der Waals surface area contributed by atoms with E-state index in [-0.39, 0.29) is 12.2 Å². The molecule has 11 rings (SSSR count). The highest BCUT2D eigenvalue weighted by molar-refractivity contribution is 5.52. The van der Waals surface area contributed by atoms with Crippen LogP contribution < -0.4 is 8.97 Å². The Labute approximate surface area is 866 Å². The molecule has 0 spiro atoms. The zero-order valence-electron chi connectivity index (χ0n) is 96.7. The van der Waals surface area contributed by atoms with Gasteiger partial charge in [-0.3, -0.25) is 8.97 Å². The zero-order valence-corrected chi connectivity index (χ0v) is 96.7. The maximum atomic E-state index is 11.0. The van der Waals surface area contributed by atoms with Gasteiger partial charge in [0.15, 0.2) is 0 Å². The fraction of sp³-hybridized carbons (Fsp3) is 0.613. The summed E-state index contributed by atoms with van der Waals surface area (Å²) >= 11 is 0. The molecule has 3 aliphatic carbocycles. The third-order valence-corrected chi connectivity index (χ3v) is 30.3. The van der Waals surface area contributed by atoms with Crippen molar-refractivity contribution in [1.82, 2.24) is 8.97 Å². The molecule has 2 unspecified atom stereocenters. The van der Waals surface area contributed by atoms with E-state index in [0.717, 1.165) is 223 Å². The normalized spacial score (nSPS) is 15.7. The fourth-order valence-electron chi connectivity index (χ4n) is 19.4. The van der Waals surface area contributed by atoms with E-state index in [4.69, 9.17) is 0 Å². The van der Waals surface area contributed by atoms with Gasteiger partial charge < -0.3 is 78.0 Å². The second-order valence-corrected chi connectivity index (χ2v) is 48.9. The van der Waals surface area contributed by atoms with Crippen molar-refractivity contribution < 1.29 is 78.0 Å². The number of aliphatic hydroxyl groups excluding tert-OH is 2. The van der Waals surface area contributed by atoms with Gasteiger partial charge in [0.1, 0.15) is 50.6 Å². The Hall–Kier alpha value is -6.96. The first kappa shape index (κ1) is 127. The summed E-state index contributed by atoms with van der Waals surface area (Å²) in [5.41, 5.74) is 14.4. The lowest BCUT2D eigenvalue weighted by molar-refractivity contribution is -0.936. The first-order chi connectivity index (χ1) is 65.5. The molecule has 142 heavy (non-hydrogen) atoms. The topological polar surface area (TPSA) is 202 Å². The highest BCUT2D eigenvalue weighted by Gasteiger charge is 2.41. The molecule has 3 fully saturated rings. The summed E-state index contributed by atoms with van der Waals surface area (Å²) in [4.78, 5) is 0. The number of hydrogen-bond donors (Lipinski definition) is 10. The second kappa shape index (κ2) is 54.3. The first-order valence-electron chi connectivity index (χ1n) is 54.1. The first-order valence-corrected chi connectivity index (χ1v) is 54.1. The minimum absolute atomic E-state index is 0.367. The Morgan fingerprint density at radius 1 is 0.254 bits per heavy atom. The van der Waals surface area contributed by atoms with Gasteiger partial charge in [-0.1, -0.05) is 226 Å². The van der Waals surface area contributed by atoms with Crippen molar-refractivity contribution in [2.24, 2.45) is 0 Å². The van der Waals surface area contributed by atoms with Gasteiger partial charge in [-0.25, -0.2) is 0 Å². The van der Waals surface area contributed by atoms with Gasteiger partial charge in [-0.15, -0.1) is 0 Å². The van der Waals surface area contributed by atoms with E-state index in [9.17, 15) is 51.1 Å². The van der Waals surface area contributed by atoms with Crippen LogP contribution in [-0.4, -0.2) is 244 Å². The lowest BCUT2D eigenvalue weighted by Gasteiger charge is -2.36. The van der Waals surface area contributed by atoms with Crippen LogP contribution in [0.15, 0.2) is 182 Å². The summed E-state index contributed by atoms with van der Waals surface area (Å²) in [6, 6.07) is 62.6. The molecule has 8 aromatic carbocycles. The average molecular weight is 1970 g/mol. The van der Waals surface area contributed by atoms with Gasteiger partial charge in [0.05, 0.1) is 223 Å². The number of aliphatic hydroxyl groups is 10. The second-order valence-electron chi connectivity index (χ2n) is 48.9. The van der Waals surface area contributed by atoms with E-state index in [1.165, 1.54) is 72.6 Å². The van der Waals surface area contributed by atoms with Crippen LogP contribution in [0.25, 0.3) is 0 Å². The van der Waals surface area contributed by atoms with Crippen LogP contribution in [0.5, 0.6) is 0 Å². The molecule has 18 heteroatoms. The summed E-state index contributed by atoms with van der Waals surface area (Å²) < 4.78 is 7.32. The Bertz CT molecular complexity index is 4680. The summed E-state index contributed by atoms with van der Waals surface area (Å²) in [7, 11) is 38.9. The Morgan fingerprint density at radius 3 is 0.669 bits per heavy atom. The molecule has 0 saturated heterocycles. The number of nitrogens with zero attached hydrogens (tertiary/aromatic N) is 8. The number of rotatable bonds is 36. The maximum Gasteiger partial charge on any atom is 0.132 e. The van der Waals surface area contributed by atoms with Gasteiger partial charge >= 0.3 is 0 Å². The van der Waals surface area contributed by atoms with Crippen molar-refractivity contribution in [2.45, 2.75) is 336 Å². The maximum absolute atomic E-state index is 11.0. The smallest absolute Gasteiger partial charge is 0.132 e. The third kappa shape index (κ3) is 40.9. The number of benzene rings is 8. The standard InChI is InChI=1S/C19H30NO2.C19H34NO2.C16H28NO.C15H24NO.2C15H26NO.C13H22NO.C12H20NO/c1-20(2,3)17-13-15(18(21)8-4-5-9-18)12-16(14-17)19(22)10-6-7-11-19;1-8-18(21,9-2)15-12-16(19(22,10-3)11-4)14-17(13-15)20(5,6)7;1-6-17(7-2,8-3)13-14-9-11-15(12-10-14)16(4,5)18;1-16(2,3)12-13-6-8-14(9-7-13)15(17)10-4-5-11-15;1-6-15(17,7-2)14-10-8-13(9-11-14)12-16(3,4)5;1-5-16(6-2,7-3)12-14-8-10-15(11-9-14)13(4)17;1-13(2,15)12-8-6-11(7-9-12)10-14(3,4)5;1-10(14)12-7-5-11(6-8-12)9-13(2,3)4/h12-14,21-22H,4-11H2,1-3H3;12-14,21-22H,8-11H2,1-7H3;9-12,18H,6-8,13H2,1-5H3;6-9,17H,4-5,10-12H2,1-3H3;8-11,17H,6-7,12H2,1-5H3;8-11,13,17H,5-7,12H2,1-4H3;6-9,15H,10H2,1-5H3;5-8,10,14H,9H2,1-4H3/q8*+1. The van der Waals surface area contributed by atoms with E-state index in [1.54, 1.807) is 13.8 Å². The molecule has 0 amide bonds. The van der Waals surface area contributed by atoms with E-state index < -0.39 is 44.8 Å². The molecule has 0 bridgehead atoms. The predicted molar refractivity (Wildman–Crippen MR) is 601 cm³/mol. The lowest BCUT2D eigenvalue weighted by Crippen LogP contribution is -2.46. The predicted octanol–water partition coefficient (Wildman–Crippen LogP) is 23.3. The van der Waals surface area contributed by atoms with Gasteiger partial charge in [-0.2, -0.15) is 0 Å². The van der Waals surface area contributed by atoms with Crippen LogP contribution in [0.4, 0.5) is 11.4 Å². The van der Waals surface area contributed by atoms with Crippen LogP contribution in [0.3, 0.4) is 0 Å². The van der Waals surface area contributed by atoms with Crippen molar-refractivity contribution in [1.29, 1.82) is 0 Å². The number of hydrogen-bond acceptors (Lipinski definition) is 10. The van der Waals surface area contributed by atoms with E-state index in [0.29, 0.717) is 34.6 Å². The number of quaternary nitrogens is 8. The Kier molecular flexibility index (Phi) is 48.7. The lowest BCUT2D eigenvalue weighted by atomic mass is 9.82. The summed E-state index contributed by atoms with van der Waals surface area (Å²) in [5.74, 6) is 0. The molecule has 2 atom stereocenters. The molecule has 10 N–H and O–H groups in total. The summed E-state index contributed by atoms with van der Waals surface area (Å²) in [5, 5.41) is 103. The molecule has 0 radical (unpaired) electrons. The Balaban J connectivity index is 0.000000340. The van der Waals surface area contributed by atoms with Gasteiger partial charge in [-0.05, 0) is 228 Å². The van der Waals surface area contributed by atoms with Crippen molar-refractivity contribution in [3.63, 3.8) is 0 Å². The molecule has 3 aliphatic rings. The molecular formula is C124H210N8O10+8. The molecule has 0 aliphatic heterocycles. The highest BCUT2D eigenvalue weighted by atomic mass is 16.3. The molecule has 18 nitrogen and oxygen atoms in total. The molecule has 8 aromatic rings. The molecule has 798 valence electrons. The van der Waals surface area contributed by atoms with Crippen molar-refractivity contribution >= 4 is 11.4 Å². The fourth-order valence-corrected chi connectivity index (χ4v) is 19.4. The van der Waals surface area contributed by atoms with Gasteiger partial charge in [0.25, 0.3) is 0 Å². The monoisotopic (exact) mass is 1970 g/mol. The molecular weight excluding hydrogens is 1760 g/mol. The SMILES string of the molecule is CC(C)(O)c1ccc(C[N+](C)(C)C)cc1.CC(O)c1ccc(C[N+](C)(C)C)cc1.CCC(O)(CC)c1cc(C(O)(CC)CC)cc([N+](C)(C)C)c1.CCC(O)(CC)c1ccc(C[N+](C)(C)C)cc1.CC[N+](CC)(CC)Cc1ccc(C(C)(C)O)cc1.CC[N+](CC)(CC)Cc1ccc(C(C)O)cc1.C[N+](C)(C)Cc1ccc(C2(O)CCCC2)cc1.C[N+](C)(C)c1cc(C2(O)CCCC2)cc(C2(O)CCCC2)c1.